The Kier molecular flexibility index (Phi) is 19.1. The van der Waals surface area contributed by atoms with Gasteiger partial charge in [-0.3, -0.25) is 4.79 Å². The van der Waals surface area contributed by atoms with Gasteiger partial charge in [0.15, 0.2) is 12.6 Å². The second kappa shape index (κ2) is 21.3. The molecule has 0 radical (unpaired) electrons. The Bertz CT molecular complexity index is 876. The molecule has 2 aliphatic heterocycles. The van der Waals surface area contributed by atoms with Crippen LogP contribution >= 0.6 is 0 Å². The molecule has 1 amide bonds. The van der Waals surface area contributed by atoms with Gasteiger partial charge in [0.25, 0.3) is 0 Å². The number of unbranched alkanes of at least 4 members (excludes halogenated alkanes) is 5. The average molecular weight is 702 g/mol. The zero-order valence-corrected chi connectivity index (χ0v) is 28.3. The van der Waals surface area contributed by atoms with Crippen LogP contribution in [0.1, 0.15) is 59.3 Å². The van der Waals surface area contributed by atoms with Crippen molar-refractivity contribution >= 4 is 5.91 Å². The van der Waals surface area contributed by atoms with E-state index in [1.807, 2.05) is 0 Å². The van der Waals surface area contributed by atoms with Gasteiger partial charge in [0.1, 0.15) is 48.3 Å². The number of rotatable bonds is 23. The van der Waals surface area contributed by atoms with Gasteiger partial charge in [0.05, 0.1) is 64.4 Å². The molecular formula is C31H59NO16. The molecule has 0 aromatic rings. The Morgan fingerprint density at radius 2 is 1.35 bits per heavy atom. The molecule has 2 heterocycles. The second-order valence-corrected chi connectivity index (χ2v) is 12.9. The van der Waals surface area contributed by atoms with E-state index in [-0.39, 0.29) is 6.61 Å². The molecule has 0 aromatic heterocycles. The number of nitrogens with one attached hydrogen (secondary N) is 1. The lowest BCUT2D eigenvalue weighted by Crippen LogP contribution is -2.69. The maximum absolute atomic E-state index is 12.5. The average Bonchev–Trinajstić information content (AvgIpc) is 3.09. The number of aliphatic hydroxyl groups is 9. The molecule has 0 unspecified atom stereocenters. The van der Waals surface area contributed by atoms with Gasteiger partial charge in [-0.2, -0.15) is 0 Å². The first kappa shape index (κ1) is 43.0. The van der Waals surface area contributed by atoms with Crippen molar-refractivity contribution in [1.29, 1.82) is 0 Å². The zero-order valence-electron chi connectivity index (χ0n) is 28.3. The lowest BCUT2D eigenvalue weighted by molar-refractivity contribution is -0.348. The summed E-state index contributed by atoms with van der Waals surface area (Å²) in [6, 6.07) is -1.16. The quantitative estimate of drug-likeness (QED) is 0.0473. The Balaban J connectivity index is 2.54. The molecule has 17 nitrogen and oxygen atoms in total. The van der Waals surface area contributed by atoms with E-state index in [4.69, 9.17) is 28.4 Å². The molecule has 10 N–H and O–H groups in total. The van der Waals surface area contributed by atoms with Crippen LogP contribution in [0.3, 0.4) is 0 Å². The molecule has 0 saturated carbocycles. The van der Waals surface area contributed by atoms with Crippen molar-refractivity contribution in [1.82, 2.24) is 5.32 Å². The molecule has 2 aliphatic rings. The van der Waals surface area contributed by atoms with Crippen LogP contribution in [0.15, 0.2) is 0 Å². The third-order valence-corrected chi connectivity index (χ3v) is 8.90. The number of carbonyl (C=O) groups is 1. The summed E-state index contributed by atoms with van der Waals surface area (Å²) in [6.07, 6.45) is -6.77. The number of carbonyl (C=O) groups excluding carboxylic acids is 1. The maximum atomic E-state index is 12.5. The molecule has 0 bridgehead atoms. The van der Waals surface area contributed by atoms with Crippen LogP contribution in [0.4, 0.5) is 0 Å². The summed E-state index contributed by atoms with van der Waals surface area (Å²) in [7, 11) is 0. The molecule has 0 aromatic carbocycles. The predicted octanol–water partition coefficient (Wildman–Crippen LogP) is -3.11. The standard InChI is InChI=1S/C31H59NO16/c1-4-5-6-7-8-9-10-43-28-22(32-20(3)39)27(48-29-25(42)24(41)23(40)19(2)46-29)26(44-18-30(12-33,13-34)14-35)21(47-28)11-45-31(15-36,16-37)17-38/h19,21-29,33-38,40-42H,4-18H2,1-3H3,(H,32,39)/t19-,21+,22+,23+,24+,25-,26+,27+,28-,29-/m0/s1. The number of amides is 1. The summed E-state index contributed by atoms with van der Waals surface area (Å²) in [5, 5.41) is 93.8. The first-order valence-corrected chi connectivity index (χ1v) is 16.7. The van der Waals surface area contributed by atoms with Crippen LogP contribution in [0, 0.1) is 5.41 Å². The van der Waals surface area contributed by atoms with Gasteiger partial charge in [0, 0.05) is 13.5 Å². The number of hydrogen-bond donors (Lipinski definition) is 10. The fraction of sp³-hybridized carbons (Fsp3) is 0.968. The Labute approximate surface area is 281 Å². The summed E-state index contributed by atoms with van der Waals surface area (Å²) in [5.74, 6) is -0.525. The van der Waals surface area contributed by atoms with Gasteiger partial charge < -0.3 is 79.7 Å². The fourth-order valence-corrected chi connectivity index (χ4v) is 5.40. The highest BCUT2D eigenvalue weighted by atomic mass is 16.7. The molecular weight excluding hydrogens is 642 g/mol. The molecule has 10 atom stereocenters. The topological polar surface area (TPSA) is 267 Å². The van der Waals surface area contributed by atoms with Gasteiger partial charge in [-0.25, -0.2) is 0 Å². The van der Waals surface area contributed by atoms with E-state index in [1.54, 1.807) is 0 Å². The van der Waals surface area contributed by atoms with Crippen LogP contribution < -0.4 is 5.32 Å². The fourth-order valence-electron chi connectivity index (χ4n) is 5.40. The van der Waals surface area contributed by atoms with E-state index >= 15 is 0 Å². The number of aliphatic hydroxyl groups excluding tert-OH is 9. The summed E-state index contributed by atoms with van der Waals surface area (Å²) >= 11 is 0. The van der Waals surface area contributed by atoms with Gasteiger partial charge >= 0.3 is 0 Å². The second-order valence-electron chi connectivity index (χ2n) is 12.9. The third kappa shape index (κ3) is 11.7. The monoisotopic (exact) mass is 701 g/mol. The Morgan fingerprint density at radius 1 is 0.750 bits per heavy atom. The van der Waals surface area contributed by atoms with Crippen LogP contribution in [-0.4, -0.2) is 178 Å². The highest BCUT2D eigenvalue weighted by Crippen LogP contribution is 2.33. The van der Waals surface area contributed by atoms with Crippen molar-refractivity contribution < 1.29 is 79.2 Å². The van der Waals surface area contributed by atoms with Gasteiger partial charge in [0.2, 0.25) is 5.91 Å². The van der Waals surface area contributed by atoms with Crippen LogP contribution in [0.25, 0.3) is 0 Å². The van der Waals surface area contributed by atoms with Crippen molar-refractivity contribution in [2.45, 2.75) is 126 Å². The minimum Gasteiger partial charge on any atom is -0.396 e. The van der Waals surface area contributed by atoms with Gasteiger partial charge in [-0.1, -0.05) is 39.0 Å². The van der Waals surface area contributed by atoms with E-state index in [0.29, 0.717) is 6.42 Å². The first-order chi connectivity index (χ1) is 22.9. The molecule has 17 heteroatoms. The smallest absolute Gasteiger partial charge is 0.217 e. The Morgan fingerprint density at radius 3 is 1.92 bits per heavy atom. The molecule has 0 aliphatic carbocycles. The summed E-state index contributed by atoms with van der Waals surface area (Å²) in [4.78, 5) is 12.5. The molecule has 2 fully saturated rings. The van der Waals surface area contributed by atoms with Crippen LogP contribution in [0.2, 0.25) is 0 Å². The Hall–Kier alpha value is -1.13. The third-order valence-electron chi connectivity index (χ3n) is 8.90. The maximum Gasteiger partial charge on any atom is 0.217 e. The number of ether oxygens (including phenoxy) is 6. The summed E-state index contributed by atoms with van der Waals surface area (Å²) in [6.45, 7) is -0.290. The van der Waals surface area contributed by atoms with E-state index in [2.05, 4.69) is 12.2 Å². The SMILES string of the molecule is CCCCCCCCO[C@H]1O[C@H](COC(CO)(CO)CO)[C@@H](OCC(CO)(CO)CO)[C@H](O[C@@H]2O[C@@H](C)[C@@H](O)[C@@H](O)[C@@H]2O)[C@H]1NC(C)=O. The van der Waals surface area contributed by atoms with E-state index in [0.717, 1.165) is 32.1 Å². The molecule has 2 rings (SSSR count). The van der Waals surface area contributed by atoms with E-state index in [9.17, 15) is 50.8 Å². The van der Waals surface area contributed by atoms with Gasteiger partial charge in [-0.05, 0) is 13.3 Å². The minimum absolute atomic E-state index is 0.208. The number of hydrogen-bond acceptors (Lipinski definition) is 16. The molecule has 48 heavy (non-hydrogen) atoms. The lowest BCUT2D eigenvalue weighted by atomic mass is 9.91. The van der Waals surface area contributed by atoms with Crippen LogP contribution in [0.5, 0.6) is 0 Å². The minimum atomic E-state index is -1.79. The largest absolute Gasteiger partial charge is 0.396 e. The molecule has 0 spiro atoms. The normalized spacial score (nSPS) is 31.6. The predicted molar refractivity (Wildman–Crippen MR) is 166 cm³/mol. The van der Waals surface area contributed by atoms with Crippen LogP contribution in [-0.2, 0) is 33.2 Å². The highest BCUT2D eigenvalue weighted by Gasteiger charge is 2.53. The highest BCUT2D eigenvalue weighted by molar-refractivity contribution is 5.73. The molecule has 2 saturated heterocycles. The first-order valence-electron chi connectivity index (χ1n) is 16.7. The van der Waals surface area contributed by atoms with Crippen molar-refractivity contribution in [3.63, 3.8) is 0 Å². The van der Waals surface area contributed by atoms with E-state index < -0.39 is 131 Å². The summed E-state index contributed by atoms with van der Waals surface area (Å²) in [5.41, 5.74) is -3.33. The molecule has 284 valence electrons. The van der Waals surface area contributed by atoms with Crippen molar-refractivity contribution in [2.75, 3.05) is 59.5 Å². The zero-order chi connectivity index (χ0) is 35.9. The van der Waals surface area contributed by atoms with Crippen molar-refractivity contribution in [3.8, 4) is 0 Å². The summed E-state index contributed by atoms with van der Waals surface area (Å²) < 4.78 is 36.2. The lowest BCUT2D eigenvalue weighted by Gasteiger charge is -2.49. The van der Waals surface area contributed by atoms with Crippen molar-refractivity contribution in [2.24, 2.45) is 5.41 Å². The van der Waals surface area contributed by atoms with E-state index in [1.165, 1.54) is 13.8 Å². The van der Waals surface area contributed by atoms with Gasteiger partial charge in [-0.15, -0.1) is 0 Å². The van der Waals surface area contributed by atoms with Crippen molar-refractivity contribution in [3.05, 3.63) is 0 Å².